The van der Waals surface area contributed by atoms with E-state index in [1.165, 1.54) is 19.3 Å². The van der Waals surface area contributed by atoms with Crippen LogP contribution in [0, 0.1) is 52.3 Å². The van der Waals surface area contributed by atoms with E-state index in [1.54, 1.807) is 0 Å². The molecular weight excluding hydrogens is 388 g/mol. The number of hydrogen-bond donors (Lipinski definition) is 4. The second-order valence-corrected chi connectivity index (χ2v) is 13.0. The second-order valence-electron chi connectivity index (χ2n) is 13.0. The molecule has 0 aliphatic heterocycles. The zero-order chi connectivity index (χ0) is 22.7. The van der Waals surface area contributed by atoms with Gasteiger partial charge in [0.25, 0.3) is 0 Å². The van der Waals surface area contributed by atoms with Crippen LogP contribution in [0.5, 0.6) is 0 Å². The van der Waals surface area contributed by atoms with Crippen molar-refractivity contribution in [2.45, 2.75) is 117 Å². The molecule has 4 N–H and O–H groups in total. The van der Waals surface area contributed by atoms with Crippen molar-refractivity contribution >= 4 is 0 Å². The summed E-state index contributed by atoms with van der Waals surface area (Å²) in [7, 11) is 0. The van der Waals surface area contributed by atoms with Gasteiger partial charge < -0.3 is 20.4 Å². The van der Waals surface area contributed by atoms with Crippen molar-refractivity contribution in [1.82, 2.24) is 0 Å². The van der Waals surface area contributed by atoms with Crippen LogP contribution in [0.4, 0.5) is 0 Å². The Balaban J connectivity index is 1.53. The molecule has 4 aliphatic carbocycles. The van der Waals surface area contributed by atoms with Crippen LogP contribution in [0.15, 0.2) is 0 Å². The summed E-state index contributed by atoms with van der Waals surface area (Å²) in [6, 6.07) is 0. The van der Waals surface area contributed by atoms with Crippen molar-refractivity contribution < 1.29 is 20.4 Å². The third-order valence-electron chi connectivity index (χ3n) is 11.0. The van der Waals surface area contributed by atoms with Gasteiger partial charge in [0.15, 0.2) is 0 Å². The molecule has 31 heavy (non-hydrogen) atoms. The third-order valence-corrected chi connectivity index (χ3v) is 11.0. The summed E-state index contributed by atoms with van der Waals surface area (Å²) in [6.07, 6.45) is 7.13. The molecule has 180 valence electrons. The highest BCUT2D eigenvalue weighted by Gasteiger charge is 2.62. The fourth-order valence-electron chi connectivity index (χ4n) is 9.39. The van der Waals surface area contributed by atoms with E-state index in [0.717, 1.165) is 32.1 Å². The molecule has 0 bridgehead atoms. The third kappa shape index (κ3) is 3.92. The van der Waals surface area contributed by atoms with Crippen molar-refractivity contribution in [2.75, 3.05) is 0 Å². The molecule has 4 heteroatoms. The molecule has 0 amide bonds. The largest absolute Gasteiger partial charge is 0.393 e. The van der Waals surface area contributed by atoms with Crippen molar-refractivity contribution in [2.24, 2.45) is 52.3 Å². The average Bonchev–Trinajstić information content (AvgIpc) is 3.05. The molecule has 4 nitrogen and oxygen atoms in total. The molecule has 0 radical (unpaired) electrons. The van der Waals surface area contributed by atoms with E-state index in [1.807, 2.05) is 0 Å². The predicted octanol–water partition coefficient (Wildman–Crippen LogP) is 4.38. The molecular formula is C27H48O4. The van der Waals surface area contributed by atoms with Crippen LogP contribution in [0.3, 0.4) is 0 Å². The SMILES string of the molecule is CC(C)C[C@@H](O)[C@H](O)[C@@H](C)[C@H]1CC[C@H]2[C@@H]3C[C@H](O)[C@H]4C[C@@H](O)CC[C@]4(C)[C@H]3CC[C@]12C. The molecule has 4 aliphatic rings. The van der Waals surface area contributed by atoms with Gasteiger partial charge in [0.05, 0.1) is 24.4 Å². The van der Waals surface area contributed by atoms with Gasteiger partial charge in [-0.15, -0.1) is 0 Å². The van der Waals surface area contributed by atoms with E-state index < -0.39 is 12.2 Å². The molecule has 4 fully saturated rings. The minimum atomic E-state index is -0.653. The Morgan fingerprint density at radius 3 is 2.13 bits per heavy atom. The van der Waals surface area contributed by atoms with E-state index in [9.17, 15) is 20.4 Å². The number of fused-ring (bicyclic) bond motifs is 5. The molecule has 0 heterocycles. The normalized spacial score (nSPS) is 50.3. The van der Waals surface area contributed by atoms with E-state index in [4.69, 9.17) is 0 Å². The van der Waals surface area contributed by atoms with Crippen molar-refractivity contribution in [3.05, 3.63) is 0 Å². The summed E-state index contributed by atoms with van der Waals surface area (Å²) in [5.74, 6) is 2.97. The lowest BCUT2D eigenvalue weighted by Gasteiger charge is -2.62. The lowest BCUT2D eigenvalue weighted by molar-refractivity contribution is -0.174. The first-order valence-electron chi connectivity index (χ1n) is 13.2. The summed E-state index contributed by atoms with van der Waals surface area (Å²) < 4.78 is 0. The molecule has 0 aromatic carbocycles. The van der Waals surface area contributed by atoms with Crippen LogP contribution in [0.2, 0.25) is 0 Å². The first-order chi connectivity index (χ1) is 14.5. The number of aliphatic hydroxyl groups excluding tert-OH is 4. The van der Waals surface area contributed by atoms with E-state index in [2.05, 4.69) is 34.6 Å². The smallest absolute Gasteiger partial charge is 0.0827 e. The first-order valence-corrected chi connectivity index (χ1v) is 13.2. The Bertz CT molecular complexity index is 637. The molecule has 0 spiro atoms. The van der Waals surface area contributed by atoms with Crippen molar-refractivity contribution in [1.29, 1.82) is 0 Å². The lowest BCUT2D eigenvalue weighted by atomic mass is 9.43. The van der Waals surface area contributed by atoms with Gasteiger partial charge in [0.2, 0.25) is 0 Å². The van der Waals surface area contributed by atoms with Crippen LogP contribution in [0.1, 0.15) is 92.4 Å². The Morgan fingerprint density at radius 2 is 1.45 bits per heavy atom. The highest BCUT2D eigenvalue weighted by Crippen LogP contribution is 2.68. The Morgan fingerprint density at radius 1 is 0.806 bits per heavy atom. The Labute approximate surface area is 189 Å². The average molecular weight is 437 g/mol. The molecule has 0 aromatic rings. The minimum absolute atomic E-state index is 0.0991. The molecule has 0 saturated heterocycles. The van der Waals surface area contributed by atoms with Crippen LogP contribution >= 0.6 is 0 Å². The number of rotatable bonds is 5. The maximum atomic E-state index is 11.2. The highest BCUT2D eigenvalue weighted by atomic mass is 16.3. The van der Waals surface area contributed by atoms with Gasteiger partial charge in [-0.25, -0.2) is 0 Å². The van der Waals surface area contributed by atoms with Crippen LogP contribution in [-0.2, 0) is 0 Å². The fraction of sp³-hybridized carbons (Fsp3) is 1.00. The van der Waals surface area contributed by atoms with Gasteiger partial charge in [-0.05, 0) is 110 Å². The Hall–Kier alpha value is -0.160. The van der Waals surface area contributed by atoms with E-state index >= 15 is 0 Å². The number of aliphatic hydroxyl groups is 4. The van der Waals surface area contributed by atoms with Crippen molar-refractivity contribution in [3.63, 3.8) is 0 Å². The molecule has 0 unspecified atom stereocenters. The maximum Gasteiger partial charge on any atom is 0.0827 e. The summed E-state index contributed by atoms with van der Waals surface area (Å²) in [6.45, 7) is 11.2. The van der Waals surface area contributed by atoms with Crippen molar-refractivity contribution in [3.8, 4) is 0 Å². The molecule has 4 saturated carbocycles. The standard InChI is InChI=1S/C27H48O4/c1-15(2)12-24(30)25(31)16(3)19-6-7-20-18-14-23(29)22-13-17(28)8-10-27(22,5)21(18)9-11-26(19,20)4/h15-25,28-31H,6-14H2,1-5H3/t16-,17-,18-,19+,20-,21-,22+,23-,24+,25+,26+,27+/m0/s1. The van der Waals surface area contributed by atoms with Gasteiger partial charge in [-0.2, -0.15) is 0 Å². The monoisotopic (exact) mass is 436 g/mol. The van der Waals surface area contributed by atoms with Crippen LogP contribution < -0.4 is 0 Å². The van der Waals surface area contributed by atoms with Gasteiger partial charge in [0.1, 0.15) is 0 Å². The van der Waals surface area contributed by atoms with E-state index in [-0.39, 0.29) is 34.9 Å². The summed E-state index contributed by atoms with van der Waals surface area (Å²) >= 11 is 0. The Kier molecular flexibility index (Phi) is 6.62. The summed E-state index contributed by atoms with van der Waals surface area (Å²) in [4.78, 5) is 0. The van der Waals surface area contributed by atoms with Crippen LogP contribution in [-0.4, -0.2) is 44.8 Å². The minimum Gasteiger partial charge on any atom is -0.393 e. The van der Waals surface area contributed by atoms with Gasteiger partial charge in [-0.1, -0.05) is 34.6 Å². The zero-order valence-electron chi connectivity index (χ0n) is 20.5. The zero-order valence-corrected chi connectivity index (χ0v) is 20.5. The quantitative estimate of drug-likeness (QED) is 0.515. The first kappa shape index (κ1) is 24.0. The van der Waals surface area contributed by atoms with Crippen LogP contribution in [0.25, 0.3) is 0 Å². The molecule has 0 aromatic heterocycles. The molecule has 4 rings (SSSR count). The predicted molar refractivity (Wildman–Crippen MR) is 123 cm³/mol. The topological polar surface area (TPSA) is 80.9 Å². The van der Waals surface area contributed by atoms with Gasteiger partial charge >= 0.3 is 0 Å². The fourth-order valence-corrected chi connectivity index (χ4v) is 9.39. The summed E-state index contributed by atoms with van der Waals surface area (Å²) in [5, 5.41) is 43.0. The molecule has 12 atom stereocenters. The summed E-state index contributed by atoms with van der Waals surface area (Å²) in [5.41, 5.74) is 0.343. The lowest BCUT2D eigenvalue weighted by Crippen LogP contribution is -2.58. The van der Waals surface area contributed by atoms with Gasteiger partial charge in [-0.3, -0.25) is 0 Å². The van der Waals surface area contributed by atoms with Gasteiger partial charge in [0, 0.05) is 0 Å². The van der Waals surface area contributed by atoms with E-state index in [0.29, 0.717) is 36.0 Å². The highest BCUT2D eigenvalue weighted by molar-refractivity contribution is 5.11. The second kappa shape index (κ2) is 8.56. The number of hydrogen-bond acceptors (Lipinski definition) is 4. The maximum absolute atomic E-state index is 11.2.